The molecule has 3 nitrogen and oxygen atoms in total. The first-order valence-electron chi connectivity index (χ1n) is 6.10. The first-order valence-corrected chi connectivity index (χ1v) is 6.10. The van der Waals surface area contributed by atoms with Gasteiger partial charge in [0, 0.05) is 12.8 Å². The summed E-state index contributed by atoms with van der Waals surface area (Å²) in [6.07, 6.45) is 6.69. The molecule has 0 rings (SSSR count). The average Bonchev–Trinajstić information content (AvgIpc) is 2.17. The highest BCUT2D eigenvalue weighted by atomic mass is 16.3. The zero-order chi connectivity index (χ0) is 11.5. The first-order chi connectivity index (χ1) is 7.20. The van der Waals surface area contributed by atoms with E-state index in [-0.39, 0.29) is 12.2 Å². The lowest BCUT2D eigenvalue weighted by Gasteiger charge is -2.07. The van der Waals surface area contributed by atoms with Gasteiger partial charge in [-0.25, -0.2) is 0 Å². The van der Waals surface area contributed by atoms with E-state index >= 15 is 0 Å². The predicted octanol–water partition coefficient (Wildman–Crippen LogP) is 2.02. The van der Waals surface area contributed by atoms with Crippen molar-refractivity contribution in [2.24, 2.45) is 5.73 Å². The van der Waals surface area contributed by atoms with E-state index in [2.05, 4.69) is 6.92 Å². The quantitative estimate of drug-likeness (QED) is 0.548. The van der Waals surface area contributed by atoms with Gasteiger partial charge < -0.3 is 10.8 Å². The van der Waals surface area contributed by atoms with E-state index in [9.17, 15) is 9.90 Å². The van der Waals surface area contributed by atoms with Gasteiger partial charge in [-0.05, 0) is 19.4 Å². The molecule has 0 aliphatic carbocycles. The van der Waals surface area contributed by atoms with E-state index in [1.54, 1.807) is 0 Å². The second-order valence-electron chi connectivity index (χ2n) is 4.14. The van der Waals surface area contributed by atoms with E-state index in [4.69, 9.17) is 5.73 Å². The standard InChI is InChI=1S/C12H25NO2/c1-2-3-4-5-6-7-11(14)10-12(15)8-9-13/h12,15H,2-10,13H2,1H3. The lowest BCUT2D eigenvalue weighted by Crippen LogP contribution is -2.17. The van der Waals surface area contributed by atoms with E-state index in [0.29, 0.717) is 19.4 Å². The molecule has 0 spiro atoms. The van der Waals surface area contributed by atoms with Gasteiger partial charge in [-0.2, -0.15) is 0 Å². The van der Waals surface area contributed by atoms with Crippen LogP contribution in [0.2, 0.25) is 0 Å². The Labute approximate surface area is 93.0 Å². The Morgan fingerprint density at radius 2 is 1.93 bits per heavy atom. The highest BCUT2D eigenvalue weighted by Gasteiger charge is 2.09. The van der Waals surface area contributed by atoms with Crippen molar-refractivity contribution in [3.8, 4) is 0 Å². The zero-order valence-electron chi connectivity index (χ0n) is 9.87. The molecular formula is C12H25NO2. The van der Waals surface area contributed by atoms with Gasteiger partial charge in [-0.3, -0.25) is 4.79 Å². The number of rotatable bonds is 10. The lowest BCUT2D eigenvalue weighted by atomic mass is 10.0. The first kappa shape index (κ1) is 14.6. The van der Waals surface area contributed by atoms with Gasteiger partial charge >= 0.3 is 0 Å². The van der Waals surface area contributed by atoms with Crippen LogP contribution in [-0.4, -0.2) is 23.5 Å². The number of hydrogen-bond acceptors (Lipinski definition) is 3. The van der Waals surface area contributed by atoms with Crippen LogP contribution in [0.5, 0.6) is 0 Å². The summed E-state index contributed by atoms with van der Waals surface area (Å²) in [6, 6.07) is 0. The summed E-state index contributed by atoms with van der Waals surface area (Å²) in [5, 5.41) is 9.36. The SMILES string of the molecule is CCCCCCCC(=O)CC(O)CCN. The number of nitrogens with two attached hydrogens (primary N) is 1. The van der Waals surface area contributed by atoms with Gasteiger partial charge in [0.15, 0.2) is 0 Å². The summed E-state index contributed by atoms with van der Waals surface area (Å²) in [7, 11) is 0. The molecule has 1 unspecified atom stereocenters. The third kappa shape index (κ3) is 9.88. The number of Topliss-reactive ketones (excluding diaryl/α,β-unsaturated/α-hetero) is 1. The van der Waals surface area contributed by atoms with Crippen LogP contribution in [-0.2, 0) is 4.79 Å². The van der Waals surface area contributed by atoms with Crippen molar-refractivity contribution >= 4 is 5.78 Å². The molecule has 0 saturated carbocycles. The molecule has 0 saturated heterocycles. The fourth-order valence-corrected chi connectivity index (χ4v) is 1.59. The third-order valence-corrected chi connectivity index (χ3v) is 2.52. The van der Waals surface area contributed by atoms with Crippen LogP contribution < -0.4 is 5.73 Å². The fraction of sp³-hybridized carbons (Fsp3) is 0.917. The molecule has 0 bridgehead atoms. The molecule has 0 aromatic heterocycles. The molecule has 0 aromatic rings. The Bertz CT molecular complexity index is 160. The number of hydrogen-bond donors (Lipinski definition) is 2. The molecule has 15 heavy (non-hydrogen) atoms. The zero-order valence-corrected chi connectivity index (χ0v) is 9.87. The second kappa shape index (κ2) is 10.1. The molecule has 3 heteroatoms. The minimum atomic E-state index is -0.529. The van der Waals surface area contributed by atoms with E-state index in [0.717, 1.165) is 12.8 Å². The van der Waals surface area contributed by atoms with Crippen LogP contribution in [0.1, 0.15) is 58.3 Å². The minimum absolute atomic E-state index is 0.174. The Morgan fingerprint density at radius 3 is 2.53 bits per heavy atom. The summed E-state index contributed by atoms with van der Waals surface area (Å²) in [5.74, 6) is 0.174. The molecule has 0 heterocycles. The summed E-state index contributed by atoms with van der Waals surface area (Å²) in [5.41, 5.74) is 5.29. The molecular weight excluding hydrogens is 190 g/mol. The Morgan fingerprint density at radius 1 is 1.27 bits per heavy atom. The minimum Gasteiger partial charge on any atom is -0.393 e. The predicted molar refractivity (Wildman–Crippen MR) is 62.7 cm³/mol. The average molecular weight is 215 g/mol. The molecule has 0 aliphatic heterocycles. The number of carbonyl (C=O) groups is 1. The topological polar surface area (TPSA) is 63.3 Å². The van der Waals surface area contributed by atoms with Gasteiger partial charge in [-0.15, -0.1) is 0 Å². The Hall–Kier alpha value is -0.410. The van der Waals surface area contributed by atoms with Gasteiger partial charge in [0.25, 0.3) is 0 Å². The molecule has 0 aliphatic rings. The summed E-state index contributed by atoms with van der Waals surface area (Å²) in [6.45, 7) is 2.62. The maximum Gasteiger partial charge on any atom is 0.135 e. The van der Waals surface area contributed by atoms with Crippen LogP contribution in [0.25, 0.3) is 0 Å². The van der Waals surface area contributed by atoms with Crippen molar-refractivity contribution < 1.29 is 9.90 Å². The van der Waals surface area contributed by atoms with Gasteiger partial charge in [0.1, 0.15) is 5.78 Å². The van der Waals surface area contributed by atoms with Crippen LogP contribution >= 0.6 is 0 Å². The second-order valence-corrected chi connectivity index (χ2v) is 4.14. The number of ketones is 1. The summed E-state index contributed by atoms with van der Waals surface area (Å²) < 4.78 is 0. The molecule has 90 valence electrons. The van der Waals surface area contributed by atoms with Gasteiger partial charge in [-0.1, -0.05) is 32.6 Å². The molecule has 0 amide bonds. The number of unbranched alkanes of at least 4 members (excludes halogenated alkanes) is 4. The van der Waals surface area contributed by atoms with E-state index < -0.39 is 6.10 Å². The smallest absolute Gasteiger partial charge is 0.135 e. The normalized spacial score (nSPS) is 12.7. The van der Waals surface area contributed by atoms with Crippen LogP contribution in [0.3, 0.4) is 0 Å². The van der Waals surface area contributed by atoms with Crippen molar-refractivity contribution in [2.45, 2.75) is 64.4 Å². The number of aliphatic hydroxyl groups excluding tert-OH is 1. The van der Waals surface area contributed by atoms with Gasteiger partial charge in [0.2, 0.25) is 0 Å². The Balaban J connectivity index is 3.32. The summed E-state index contributed by atoms with van der Waals surface area (Å²) in [4.78, 5) is 11.4. The number of carbonyl (C=O) groups excluding carboxylic acids is 1. The van der Waals surface area contributed by atoms with E-state index in [1.165, 1.54) is 19.3 Å². The molecule has 3 N–H and O–H groups in total. The molecule has 0 fully saturated rings. The van der Waals surface area contributed by atoms with Crippen LogP contribution in [0, 0.1) is 0 Å². The fourth-order valence-electron chi connectivity index (χ4n) is 1.59. The van der Waals surface area contributed by atoms with Crippen molar-refractivity contribution in [1.29, 1.82) is 0 Å². The summed E-state index contributed by atoms with van der Waals surface area (Å²) >= 11 is 0. The largest absolute Gasteiger partial charge is 0.393 e. The van der Waals surface area contributed by atoms with Crippen LogP contribution in [0.15, 0.2) is 0 Å². The number of aliphatic hydroxyl groups is 1. The van der Waals surface area contributed by atoms with Crippen molar-refractivity contribution in [3.05, 3.63) is 0 Å². The molecule has 0 radical (unpaired) electrons. The lowest BCUT2D eigenvalue weighted by molar-refractivity contribution is -0.121. The molecule has 1 atom stereocenters. The maximum atomic E-state index is 11.4. The van der Waals surface area contributed by atoms with Crippen molar-refractivity contribution in [2.75, 3.05) is 6.54 Å². The molecule has 0 aromatic carbocycles. The van der Waals surface area contributed by atoms with Gasteiger partial charge in [0.05, 0.1) is 6.10 Å². The van der Waals surface area contributed by atoms with Crippen molar-refractivity contribution in [1.82, 2.24) is 0 Å². The highest BCUT2D eigenvalue weighted by Crippen LogP contribution is 2.08. The monoisotopic (exact) mass is 215 g/mol. The third-order valence-electron chi connectivity index (χ3n) is 2.52. The maximum absolute atomic E-state index is 11.4. The van der Waals surface area contributed by atoms with Crippen LogP contribution in [0.4, 0.5) is 0 Å². The Kier molecular flexibility index (Phi) is 9.84. The van der Waals surface area contributed by atoms with Crippen molar-refractivity contribution in [3.63, 3.8) is 0 Å². The van der Waals surface area contributed by atoms with E-state index in [1.807, 2.05) is 0 Å². The highest BCUT2D eigenvalue weighted by molar-refractivity contribution is 5.78.